The molecule has 1 saturated carbocycles. The molecular weight excluding hydrogens is 274 g/mol. The van der Waals surface area contributed by atoms with Crippen LogP contribution in [-0.2, 0) is 9.53 Å². The van der Waals surface area contributed by atoms with Crippen molar-refractivity contribution < 1.29 is 19.4 Å². The van der Waals surface area contributed by atoms with Crippen molar-refractivity contribution in [3.05, 3.63) is 0 Å². The topological polar surface area (TPSA) is 90.9 Å². The van der Waals surface area contributed by atoms with E-state index in [-0.39, 0.29) is 31.2 Å². The average molecular weight is 299 g/mol. The molecule has 21 heavy (non-hydrogen) atoms. The van der Waals surface area contributed by atoms with Crippen molar-refractivity contribution in [1.29, 1.82) is 0 Å². The fourth-order valence-electron chi connectivity index (χ4n) is 2.87. The lowest BCUT2D eigenvalue weighted by Gasteiger charge is -2.31. The minimum absolute atomic E-state index is 0.0553. The van der Waals surface area contributed by atoms with Crippen LogP contribution in [0.1, 0.15) is 32.1 Å². The first-order chi connectivity index (χ1) is 10.2. The maximum Gasteiger partial charge on any atom is 0.321 e. The Morgan fingerprint density at radius 2 is 2.00 bits per heavy atom. The molecule has 1 unspecified atom stereocenters. The highest BCUT2D eigenvalue weighted by Crippen LogP contribution is 2.17. The predicted molar refractivity (Wildman–Crippen MR) is 76.8 cm³/mol. The molecule has 0 aromatic heterocycles. The standard InChI is InChI=1S/C14H25N3O4/c18-10-12-8-17(6-7-21-12)9-13(19)16-14(20)15-11-4-2-1-3-5-11/h11-12,18H,1-10H2,(H2,15,16,19,20). The normalized spacial score (nSPS) is 24.5. The summed E-state index contributed by atoms with van der Waals surface area (Å²) in [6.45, 7) is 1.73. The molecule has 1 heterocycles. The number of ether oxygens (including phenoxy) is 1. The number of carbonyl (C=O) groups excluding carboxylic acids is 2. The van der Waals surface area contributed by atoms with E-state index < -0.39 is 6.03 Å². The molecule has 0 bridgehead atoms. The number of morpholine rings is 1. The molecule has 2 fully saturated rings. The molecule has 1 aliphatic carbocycles. The number of hydrogen-bond donors (Lipinski definition) is 3. The lowest BCUT2D eigenvalue weighted by molar-refractivity contribution is -0.123. The van der Waals surface area contributed by atoms with Crippen molar-refractivity contribution in [3.63, 3.8) is 0 Å². The number of aliphatic hydroxyl groups is 1. The number of nitrogens with zero attached hydrogens (tertiary/aromatic N) is 1. The molecule has 1 saturated heterocycles. The Labute approximate surface area is 125 Å². The fourth-order valence-corrected chi connectivity index (χ4v) is 2.87. The first-order valence-electron chi connectivity index (χ1n) is 7.72. The number of rotatable bonds is 4. The third-order valence-electron chi connectivity index (χ3n) is 3.99. The molecule has 0 radical (unpaired) electrons. The van der Waals surface area contributed by atoms with Crippen LogP contribution in [0.5, 0.6) is 0 Å². The van der Waals surface area contributed by atoms with Crippen molar-refractivity contribution in [2.75, 3.05) is 32.8 Å². The Bertz CT molecular complexity index is 358. The highest BCUT2D eigenvalue weighted by Gasteiger charge is 2.22. The number of imide groups is 1. The molecule has 2 rings (SSSR count). The zero-order valence-corrected chi connectivity index (χ0v) is 12.3. The van der Waals surface area contributed by atoms with Gasteiger partial charge in [0.15, 0.2) is 0 Å². The number of carbonyl (C=O) groups is 2. The van der Waals surface area contributed by atoms with Gasteiger partial charge in [0.1, 0.15) is 0 Å². The van der Waals surface area contributed by atoms with Gasteiger partial charge in [-0.05, 0) is 12.8 Å². The van der Waals surface area contributed by atoms with Crippen LogP contribution in [0.2, 0.25) is 0 Å². The quantitative estimate of drug-likeness (QED) is 0.671. The van der Waals surface area contributed by atoms with Crippen LogP contribution in [0.3, 0.4) is 0 Å². The molecule has 1 atom stereocenters. The van der Waals surface area contributed by atoms with E-state index in [0.717, 1.165) is 25.7 Å². The number of hydrogen-bond acceptors (Lipinski definition) is 5. The van der Waals surface area contributed by atoms with Crippen LogP contribution in [0, 0.1) is 0 Å². The number of amides is 3. The van der Waals surface area contributed by atoms with Gasteiger partial charge >= 0.3 is 6.03 Å². The van der Waals surface area contributed by atoms with E-state index in [1.165, 1.54) is 6.42 Å². The molecule has 0 spiro atoms. The minimum atomic E-state index is -0.404. The maximum atomic E-state index is 11.8. The van der Waals surface area contributed by atoms with Crippen LogP contribution in [0.25, 0.3) is 0 Å². The zero-order valence-electron chi connectivity index (χ0n) is 12.3. The number of aliphatic hydroxyl groups excluding tert-OH is 1. The Balaban J connectivity index is 1.67. The van der Waals surface area contributed by atoms with E-state index in [1.54, 1.807) is 0 Å². The highest BCUT2D eigenvalue weighted by molar-refractivity contribution is 5.95. The van der Waals surface area contributed by atoms with Gasteiger partial charge in [-0.15, -0.1) is 0 Å². The van der Waals surface area contributed by atoms with Gasteiger partial charge in [-0.1, -0.05) is 19.3 Å². The van der Waals surface area contributed by atoms with Crippen molar-refractivity contribution in [3.8, 4) is 0 Å². The largest absolute Gasteiger partial charge is 0.394 e. The Hall–Kier alpha value is -1.18. The van der Waals surface area contributed by atoms with Gasteiger partial charge in [0.05, 0.1) is 25.9 Å². The summed E-state index contributed by atoms with van der Waals surface area (Å²) in [5, 5.41) is 14.3. The second-order valence-electron chi connectivity index (χ2n) is 5.77. The monoisotopic (exact) mass is 299 g/mol. The Morgan fingerprint density at radius 1 is 1.24 bits per heavy atom. The Morgan fingerprint density at radius 3 is 2.71 bits per heavy atom. The van der Waals surface area contributed by atoms with Crippen LogP contribution in [0.15, 0.2) is 0 Å². The smallest absolute Gasteiger partial charge is 0.321 e. The molecule has 0 aromatic rings. The summed E-state index contributed by atoms with van der Waals surface area (Å²) in [4.78, 5) is 25.5. The van der Waals surface area contributed by atoms with Crippen molar-refractivity contribution >= 4 is 11.9 Å². The highest BCUT2D eigenvalue weighted by atomic mass is 16.5. The number of urea groups is 1. The van der Waals surface area contributed by atoms with Gasteiger partial charge in [0.25, 0.3) is 0 Å². The third kappa shape index (κ3) is 5.61. The van der Waals surface area contributed by atoms with Gasteiger partial charge in [-0.3, -0.25) is 15.0 Å². The zero-order chi connectivity index (χ0) is 15.1. The molecule has 0 aromatic carbocycles. The van der Waals surface area contributed by atoms with Crippen LogP contribution < -0.4 is 10.6 Å². The molecule has 3 N–H and O–H groups in total. The summed E-state index contributed by atoms with van der Waals surface area (Å²) in [5.74, 6) is -0.318. The van der Waals surface area contributed by atoms with Crippen molar-refractivity contribution in [2.24, 2.45) is 0 Å². The summed E-state index contributed by atoms with van der Waals surface area (Å²) >= 11 is 0. The van der Waals surface area contributed by atoms with Gasteiger partial charge in [-0.25, -0.2) is 4.79 Å². The second-order valence-corrected chi connectivity index (χ2v) is 5.77. The molecule has 120 valence electrons. The van der Waals surface area contributed by atoms with Gasteiger partial charge in [0.2, 0.25) is 5.91 Å². The maximum absolute atomic E-state index is 11.8. The summed E-state index contributed by atoms with van der Waals surface area (Å²) in [6.07, 6.45) is 5.22. The lowest BCUT2D eigenvalue weighted by atomic mass is 9.96. The second kappa shape index (κ2) is 8.31. The molecule has 3 amide bonds. The van der Waals surface area contributed by atoms with Crippen molar-refractivity contribution in [1.82, 2.24) is 15.5 Å². The Kier molecular flexibility index (Phi) is 6.41. The van der Waals surface area contributed by atoms with E-state index in [4.69, 9.17) is 9.84 Å². The van der Waals surface area contributed by atoms with Crippen molar-refractivity contribution in [2.45, 2.75) is 44.2 Å². The lowest BCUT2D eigenvalue weighted by Crippen LogP contribution is -2.51. The fraction of sp³-hybridized carbons (Fsp3) is 0.857. The molecular formula is C14H25N3O4. The van der Waals surface area contributed by atoms with E-state index in [2.05, 4.69) is 10.6 Å². The predicted octanol–water partition coefficient (Wildman–Crippen LogP) is -0.162. The van der Waals surface area contributed by atoms with Crippen LogP contribution in [0.4, 0.5) is 4.79 Å². The summed E-state index contributed by atoms with van der Waals surface area (Å²) in [5.41, 5.74) is 0. The van der Waals surface area contributed by atoms with Crippen LogP contribution >= 0.6 is 0 Å². The summed E-state index contributed by atoms with van der Waals surface area (Å²) in [7, 11) is 0. The van der Waals surface area contributed by atoms with E-state index in [9.17, 15) is 9.59 Å². The van der Waals surface area contributed by atoms with E-state index >= 15 is 0 Å². The number of nitrogens with one attached hydrogen (secondary N) is 2. The molecule has 1 aliphatic heterocycles. The van der Waals surface area contributed by atoms with E-state index in [1.807, 2.05) is 4.90 Å². The molecule has 2 aliphatic rings. The van der Waals surface area contributed by atoms with Gasteiger partial charge in [-0.2, -0.15) is 0 Å². The first-order valence-corrected chi connectivity index (χ1v) is 7.72. The van der Waals surface area contributed by atoms with Crippen LogP contribution in [-0.4, -0.2) is 66.9 Å². The SMILES string of the molecule is O=C(CN1CCOC(CO)C1)NC(=O)NC1CCCCC1. The minimum Gasteiger partial charge on any atom is -0.394 e. The van der Waals surface area contributed by atoms with Gasteiger partial charge < -0.3 is 15.2 Å². The van der Waals surface area contributed by atoms with E-state index in [0.29, 0.717) is 19.7 Å². The molecule has 7 nitrogen and oxygen atoms in total. The summed E-state index contributed by atoms with van der Waals surface area (Å²) < 4.78 is 5.32. The average Bonchev–Trinajstić information content (AvgIpc) is 2.48. The van der Waals surface area contributed by atoms with Gasteiger partial charge in [0, 0.05) is 19.1 Å². The third-order valence-corrected chi connectivity index (χ3v) is 3.99. The molecule has 7 heteroatoms. The summed E-state index contributed by atoms with van der Waals surface area (Å²) in [6, 6.07) is -0.215. The first kappa shape index (κ1) is 16.2.